The Balaban J connectivity index is 1.63. The van der Waals surface area contributed by atoms with Crippen LogP contribution < -0.4 is 0 Å². The van der Waals surface area contributed by atoms with Crippen molar-refractivity contribution in [3.8, 4) is 0 Å². The Morgan fingerprint density at radius 3 is 1.89 bits per heavy atom. The van der Waals surface area contributed by atoms with Gasteiger partial charge in [-0.25, -0.2) is 4.79 Å². The molecule has 5 nitrogen and oxygen atoms in total. The van der Waals surface area contributed by atoms with Crippen molar-refractivity contribution in [3.63, 3.8) is 0 Å². The second kappa shape index (κ2) is 9.68. The molecule has 0 heterocycles. The molecule has 2 aliphatic rings. The topological polar surface area (TPSA) is 61.8 Å². The lowest BCUT2D eigenvalue weighted by atomic mass is 10.1. The summed E-state index contributed by atoms with van der Waals surface area (Å²) in [5, 5.41) is 0. The number of hydrogen-bond acceptors (Lipinski definition) is 5. The zero-order valence-electron chi connectivity index (χ0n) is 15.8. The number of ether oxygens (including phenoxy) is 1. The van der Waals surface area contributed by atoms with Gasteiger partial charge in [0.1, 0.15) is 0 Å². The van der Waals surface area contributed by atoms with E-state index in [1.165, 1.54) is 25.7 Å². The zero-order chi connectivity index (χ0) is 19.1. The average Bonchev–Trinajstić information content (AvgIpc) is 3.39. The highest BCUT2D eigenvalue weighted by Gasteiger charge is 2.35. The van der Waals surface area contributed by atoms with Gasteiger partial charge in [-0.2, -0.15) is 0 Å². The lowest BCUT2D eigenvalue weighted by Crippen LogP contribution is -2.13. The summed E-state index contributed by atoms with van der Waals surface area (Å²) in [4.78, 5) is 12.3. The van der Waals surface area contributed by atoms with Crippen molar-refractivity contribution in [2.75, 3.05) is 13.2 Å². The van der Waals surface area contributed by atoms with Gasteiger partial charge in [-0.05, 0) is 56.2 Å². The Bertz CT molecular complexity index is 651. The number of esters is 1. The Hall–Kier alpha value is -1.42. The molecular weight excluding hydrogens is 363 g/mol. The Morgan fingerprint density at radius 2 is 1.41 bits per heavy atom. The van der Waals surface area contributed by atoms with E-state index in [4.69, 9.17) is 13.8 Å². The monoisotopic (exact) mass is 392 g/mol. The molecule has 0 aliphatic heterocycles. The predicted molar refractivity (Wildman–Crippen MR) is 104 cm³/mol. The van der Waals surface area contributed by atoms with E-state index in [0.29, 0.717) is 30.6 Å². The summed E-state index contributed by atoms with van der Waals surface area (Å²) in [7, 11) is -3.73. The molecule has 2 aliphatic carbocycles. The van der Waals surface area contributed by atoms with Crippen molar-refractivity contribution < 1.29 is 23.1 Å². The molecule has 0 radical (unpaired) electrons. The van der Waals surface area contributed by atoms with Gasteiger partial charge in [0.25, 0.3) is 0 Å². The second-order valence-corrected chi connectivity index (χ2v) is 9.55. The zero-order valence-corrected chi connectivity index (χ0v) is 16.7. The van der Waals surface area contributed by atoms with Crippen LogP contribution in [0.4, 0.5) is 0 Å². The molecule has 148 valence electrons. The van der Waals surface area contributed by atoms with E-state index >= 15 is 0 Å². The van der Waals surface area contributed by atoms with Gasteiger partial charge in [-0.1, -0.05) is 43.9 Å². The van der Waals surface area contributed by atoms with Crippen LogP contribution in [0.5, 0.6) is 0 Å². The molecule has 3 rings (SSSR count). The number of hydrogen-bond donors (Lipinski definition) is 0. The SMILES string of the molecule is C=C(OC(=O)c1ccccc1)P(=O)(OCC1CCCC1)OCC1CCCC1. The summed E-state index contributed by atoms with van der Waals surface area (Å²) in [5.41, 5.74) is 0.157. The Morgan fingerprint density at radius 1 is 0.926 bits per heavy atom. The fourth-order valence-electron chi connectivity index (χ4n) is 3.74. The normalized spacial score (nSPS) is 18.7. The summed E-state index contributed by atoms with van der Waals surface area (Å²) in [6, 6.07) is 8.57. The molecule has 1 aromatic rings. The molecule has 2 fully saturated rings. The van der Waals surface area contributed by atoms with Crippen LogP contribution in [-0.2, 0) is 18.3 Å². The number of carbonyl (C=O) groups excluding carboxylic acids is 1. The van der Waals surface area contributed by atoms with Gasteiger partial charge in [-0.15, -0.1) is 0 Å². The highest BCUT2D eigenvalue weighted by molar-refractivity contribution is 7.58. The first-order chi connectivity index (χ1) is 13.1. The molecule has 0 amide bonds. The molecule has 0 saturated heterocycles. The summed E-state index contributed by atoms with van der Waals surface area (Å²) in [6.07, 6.45) is 8.96. The Kier molecular flexibility index (Phi) is 7.28. The molecule has 27 heavy (non-hydrogen) atoms. The smallest absolute Gasteiger partial charge is 0.395 e. The summed E-state index contributed by atoms with van der Waals surface area (Å²) in [5.74, 6) is 0.159. The van der Waals surface area contributed by atoms with E-state index in [9.17, 15) is 9.36 Å². The average molecular weight is 392 g/mol. The van der Waals surface area contributed by atoms with Gasteiger partial charge in [0.05, 0.1) is 18.8 Å². The van der Waals surface area contributed by atoms with Gasteiger partial charge < -0.3 is 13.8 Å². The third-order valence-electron chi connectivity index (χ3n) is 5.44. The maximum Gasteiger partial charge on any atom is 0.395 e. The highest BCUT2D eigenvalue weighted by atomic mass is 31.2. The van der Waals surface area contributed by atoms with E-state index in [0.717, 1.165) is 25.7 Å². The maximum absolute atomic E-state index is 13.4. The lowest BCUT2D eigenvalue weighted by molar-refractivity contribution is 0.0620. The second-order valence-electron chi connectivity index (χ2n) is 7.54. The fourth-order valence-corrected chi connectivity index (χ4v) is 5.11. The molecule has 0 bridgehead atoms. The van der Waals surface area contributed by atoms with E-state index in [-0.39, 0.29) is 5.50 Å². The minimum Gasteiger partial charge on any atom is -0.415 e. The largest absolute Gasteiger partial charge is 0.415 e. The van der Waals surface area contributed by atoms with E-state index in [1.807, 2.05) is 6.07 Å². The van der Waals surface area contributed by atoms with Crippen LogP contribution in [0.15, 0.2) is 42.4 Å². The van der Waals surface area contributed by atoms with E-state index in [1.54, 1.807) is 24.3 Å². The molecule has 0 unspecified atom stereocenters. The minimum absolute atomic E-state index is 0.215. The lowest BCUT2D eigenvalue weighted by Gasteiger charge is -2.23. The Labute approximate surface area is 161 Å². The molecule has 1 aromatic carbocycles. The number of benzene rings is 1. The first-order valence-corrected chi connectivity index (χ1v) is 11.5. The molecule has 0 atom stereocenters. The van der Waals surface area contributed by atoms with Crippen LogP contribution in [0.1, 0.15) is 61.7 Å². The number of rotatable bonds is 9. The van der Waals surface area contributed by atoms with E-state index in [2.05, 4.69) is 6.58 Å². The van der Waals surface area contributed by atoms with Crippen molar-refractivity contribution in [1.29, 1.82) is 0 Å². The fraction of sp³-hybridized carbons (Fsp3) is 0.571. The standard InChI is InChI=1S/C21H29O5P/c1-17(26-21(22)20-13-3-2-4-14-20)27(23,24-15-18-9-5-6-10-18)25-16-19-11-7-8-12-19/h2-4,13-14,18-19H,1,5-12,15-16H2. The van der Waals surface area contributed by atoms with Crippen LogP contribution in [0, 0.1) is 11.8 Å². The van der Waals surface area contributed by atoms with Gasteiger partial charge in [0.15, 0.2) is 0 Å². The summed E-state index contributed by atoms with van der Waals surface area (Å²) < 4.78 is 30.1. The van der Waals surface area contributed by atoms with Crippen LogP contribution in [0.25, 0.3) is 0 Å². The molecule has 0 aromatic heterocycles. The van der Waals surface area contributed by atoms with Crippen molar-refractivity contribution in [2.24, 2.45) is 11.8 Å². The van der Waals surface area contributed by atoms with Crippen molar-refractivity contribution in [1.82, 2.24) is 0 Å². The summed E-state index contributed by atoms with van der Waals surface area (Å²) >= 11 is 0. The quantitative estimate of drug-likeness (QED) is 0.296. The van der Waals surface area contributed by atoms with Crippen molar-refractivity contribution in [2.45, 2.75) is 51.4 Å². The van der Waals surface area contributed by atoms with Gasteiger partial charge in [-0.3, -0.25) is 4.57 Å². The molecule has 0 N–H and O–H groups in total. The van der Waals surface area contributed by atoms with Gasteiger partial charge in [0.2, 0.25) is 5.50 Å². The third kappa shape index (κ3) is 5.78. The van der Waals surface area contributed by atoms with Crippen LogP contribution in [0.3, 0.4) is 0 Å². The van der Waals surface area contributed by atoms with Gasteiger partial charge in [0, 0.05) is 0 Å². The van der Waals surface area contributed by atoms with E-state index < -0.39 is 13.6 Å². The molecule has 0 spiro atoms. The highest BCUT2D eigenvalue weighted by Crippen LogP contribution is 2.57. The molecule has 2 saturated carbocycles. The van der Waals surface area contributed by atoms with Crippen LogP contribution in [-0.4, -0.2) is 19.2 Å². The minimum atomic E-state index is -3.73. The number of carbonyl (C=O) groups is 1. The van der Waals surface area contributed by atoms with Crippen LogP contribution in [0.2, 0.25) is 0 Å². The van der Waals surface area contributed by atoms with Crippen LogP contribution >= 0.6 is 7.60 Å². The van der Waals surface area contributed by atoms with Crippen molar-refractivity contribution >= 4 is 13.6 Å². The molecule has 6 heteroatoms. The van der Waals surface area contributed by atoms with Gasteiger partial charge >= 0.3 is 13.6 Å². The third-order valence-corrected chi connectivity index (χ3v) is 7.12. The maximum atomic E-state index is 13.4. The first-order valence-electron chi connectivity index (χ1n) is 9.92. The first kappa shape index (κ1) is 20.3. The predicted octanol–water partition coefficient (Wildman–Crippen LogP) is 5.92. The summed E-state index contributed by atoms with van der Waals surface area (Å²) in [6.45, 7) is 4.43. The molecular formula is C21H29O5P. The van der Waals surface area contributed by atoms with Crippen molar-refractivity contribution in [3.05, 3.63) is 48.0 Å².